The van der Waals surface area contributed by atoms with Crippen LogP contribution in [0.25, 0.3) is 0 Å². The third kappa shape index (κ3) is 2.96. The smallest absolute Gasteiger partial charge is 0.156 e. The third-order valence-corrected chi connectivity index (χ3v) is 3.91. The van der Waals surface area contributed by atoms with Gasteiger partial charge in [0.25, 0.3) is 0 Å². The van der Waals surface area contributed by atoms with Crippen molar-refractivity contribution < 1.29 is 18.3 Å². The second kappa shape index (κ2) is 4.84. The van der Waals surface area contributed by atoms with E-state index < -0.39 is 21.2 Å². The Hall–Kier alpha value is -1.07. The fourth-order valence-corrected chi connectivity index (χ4v) is 3.06. The zero-order valence-corrected chi connectivity index (χ0v) is 10.4. The summed E-state index contributed by atoms with van der Waals surface area (Å²) >= 11 is 0. The van der Waals surface area contributed by atoms with E-state index in [-0.39, 0.29) is 0 Å². The van der Waals surface area contributed by atoms with E-state index in [1.165, 1.54) is 14.0 Å². The molecule has 0 spiro atoms. The van der Waals surface area contributed by atoms with Gasteiger partial charge in [0.1, 0.15) is 11.0 Å². The maximum atomic E-state index is 11.6. The second-order valence-electron chi connectivity index (χ2n) is 3.77. The second-order valence-corrected chi connectivity index (χ2v) is 5.93. The summed E-state index contributed by atoms with van der Waals surface area (Å²) in [5, 5.41) is 8.63. The molecule has 0 aromatic heterocycles. The Kier molecular flexibility index (Phi) is 3.93. The van der Waals surface area contributed by atoms with Crippen molar-refractivity contribution in [2.45, 2.75) is 18.3 Å². The molecule has 0 saturated carbocycles. The lowest BCUT2D eigenvalue weighted by molar-refractivity contribution is 0.188. The number of benzene rings is 1. The van der Waals surface area contributed by atoms with Crippen LogP contribution in [0.3, 0.4) is 0 Å². The molecule has 0 aliphatic carbocycles. The molecule has 1 aromatic rings. The fourth-order valence-electron chi connectivity index (χ4n) is 1.70. The van der Waals surface area contributed by atoms with E-state index in [1.54, 1.807) is 24.3 Å². The van der Waals surface area contributed by atoms with Crippen LogP contribution in [0.15, 0.2) is 24.3 Å². The van der Waals surface area contributed by atoms with Gasteiger partial charge in [-0.2, -0.15) is 0 Å². The summed E-state index contributed by atoms with van der Waals surface area (Å²) in [5.74, 6) is 0.576. The van der Waals surface area contributed by atoms with Crippen LogP contribution in [0.5, 0.6) is 5.75 Å². The van der Waals surface area contributed by atoms with E-state index in [9.17, 15) is 13.5 Å². The van der Waals surface area contributed by atoms with Crippen LogP contribution in [0, 0.1) is 0 Å². The predicted molar refractivity (Wildman–Crippen MR) is 62.3 cm³/mol. The Morgan fingerprint density at radius 3 is 2.44 bits per heavy atom. The molecule has 1 rings (SSSR count). The van der Waals surface area contributed by atoms with E-state index in [4.69, 9.17) is 4.74 Å². The summed E-state index contributed by atoms with van der Waals surface area (Å²) in [6.07, 6.45) is 0.159. The first-order valence-electron chi connectivity index (χ1n) is 4.87. The van der Waals surface area contributed by atoms with Crippen LogP contribution < -0.4 is 4.74 Å². The molecule has 1 aromatic carbocycles. The van der Waals surface area contributed by atoms with Crippen molar-refractivity contribution in [1.29, 1.82) is 0 Å². The number of hydrogen-bond donors (Lipinski definition) is 1. The molecular weight excluding hydrogens is 228 g/mol. The summed E-state index contributed by atoms with van der Waals surface area (Å²) < 4.78 is 28.2. The topological polar surface area (TPSA) is 63.6 Å². The highest BCUT2D eigenvalue weighted by Gasteiger charge is 2.27. The Bertz CT molecular complexity index is 451. The Labute approximate surface area is 95.8 Å². The van der Waals surface area contributed by atoms with Gasteiger partial charge in [0, 0.05) is 6.26 Å². The first-order chi connectivity index (χ1) is 7.36. The predicted octanol–water partition coefficient (Wildman–Crippen LogP) is 1.16. The Balaban J connectivity index is 3.22. The standard InChI is InChI=1S/C11H16O4S/c1-8(12)11(16(3,13)14)9-5-4-6-10(7-9)15-2/h4-8,11-12H,1-3H3. The summed E-state index contributed by atoms with van der Waals surface area (Å²) in [7, 11) is -1.84. The van der Waals surface area contributed by atoms with Crippen LogP contribution in [-0.4, -0.2) is 33.0 Å². The lowest BCUT2D eigenvalue weighted by Gasteiger charge is -2.18. The summed E-state index contributed by atoms with van der Waals surface area (Å²) in [4.78, 5) is 0. The first kappa shape index (κ1) is 13.0. The molecule has 0 aliphatic heterocycles. The van der Waals surface area contributed by atoms with Crippen LogP contribution in [0.2, 0.25) is 0 Å². The van der Waals surface area contributed by atoms with E-state index in [0.717, 1.165) is 6.26 Å². The highest BCUT2D eigenvalue weighted by Crippen LogP contribution is 2.27. The average Bonchev–Trinajstić information content (AvgIpc) is 2.15. The summed E-state index contributed by atoms with van der Waals surface area (Å²) in [6.45, 7) is 1.46. The van der Waals surface area contributed by atoms with Gasteiger partial charge in [-0.25, -0.2) is 8.42 Å². The highest BCUT2D eigenvalue weighted by molar-refractivity contribution is 7.91. The molecule has 0 aliphatic rings. The Morgan fingerprint density at radius 1 is 1.38 bits per heavy atom. The van der Waals surface area contributed by atoms with Crippen molar-refractivity contribution in [2.24, 2.45) is 0 Å². The maximum absolute atomic E-state index is 11.6. The molecule has 0 amide bonds. The van der Waals surface area contributed by atoms with E-state index in [2.05, 4.69) is 0 Å². The van der Waals surface area contributed by atoms with Crippen molar-refractivity contribution in [3.05, 3.63) is 29.8 Å². The van der Waals surface area contributed by atoms with Gasteiger partial charge in [0.05, 0.1) is 13.2 Å². The maximum Gasteiger partial charge on any atom is 0.156 e. The monoisotopic (exact) mass is 244 g/mol. The number of aliphatic hydroxyl groups excluding tert-OH is 1. The van der Waals surface area contributed by atoms with Gasteiger partial charge in [-0.15, -0.1) is 0 Å². The zero-order chi connectivity index (χ0) is 12.3. The molecule has 2 atom stereocenters. The lowest BCUT2D eigenvalue weighted by atomic mass is 10.1. The van der Waals surface area contributed by atoms with E-state index in [1.807, 2.05) is 0 Å². The molecule has 1 N–H and O–H groups in total. The number of sulfone groups is 1. The lowest BCUT2D eigenvalue weighted by Crippen LogP contribution is -2.23. The molecule has 0 fully saturated rings. The van der Waals surface area contributed by atoms with Gasteiger partial charge in [0.2, 0.25) is 0 Å². The number of aliphatic hydroxyl groups is 1. The number of rotatable bonds is 4. The molecule has 0 saturated heterocycles. The molecule has 16 heavy (non-hydrogen) atoms. The van der Waals surface area contributed by atoms with Gasteiger partial charge in [-0.1, -0.05) is 12.1 Å². The van der Waals surface area contributed by atoms with Gasteiger partial charge in [0.15, 0.2) is 9.84 Å². The molecule has 2 unspecified atom stereocenters. The average molecular weight is 244 g/mol. The normalized spacial score (nSPS) is 15.5. The minimum absolute atomic E-state index is 0.539. The molecule has 0 radical (unpaired) electrons. The van der Waals surface area contributed by atoms with Crippen LogP contribution in [0.4, 0.5) is 0 Å². The molecule has 0 heterocycles. The van der Waals surface area contributed by atoms with Gasteiger partial charge >= 0.3 is 0 Å². The van der Waals surface area contributed by atoms with Crippen LogP contribution in [0.1, 0.15) is 17.7 Å². The molecule has 0 bridgehead atoms. The quantitative estimate of drug-likeness (QED) is 0.863. The number of hydrogen-bond acceptors (Lipinski definition) is 4. The van der Waals surface area contributed by atoms with Crippen molar-refractivity contribution in [1.82, 2.24) is 0 Å². The Morgan fingerprint density at radius 2 is 2.00 bits per heavy atom. The molecule has 5 heteroatoms. The first-order valence-corrected chi connectivity index (χ1v) is 6.82. The third-order valence-electron chi connectivity index (χ3n) is 2.32. The van der Waals surface area contributed by atoms with E-state index >= 15 is 0 Å². The highest BCUT2D eigenvalue weighted by atomic mass is 32.2. The fraction of sp³-hybridized carbons (Fsp3) is 0.455. The largest absolute Gasteiger partial charge is 0.497 e. The summed E-state index contributed by atoms with van der Waals surface area (Å²) in [5.41, 5.74) is 0.539. The van der Waals surface area contributed by atoms with Crippen molar-refractivity contribution >= 4 is 9.84 Å². The number of ether oxygens (including phenoxy) is 1. The molecular formula is C11H16O4S. The minimum Gasteiger partial charge on any atom is -0.497 e. The van der Waals surface area contributed by atoms with Crippen LogP contribution in [-0.2, 0) is 9.84 Å². The molecule has 4 nitrogen and oxygen atoms in total. The summed E-state index contributed by atoms with van der Waals surface area (Å²) in [6, 6.07) is 6.72. The number of methoxy groups -OCH3 is 1. The van der Waals surface area contributed by atoms with Crippen LogP contribution >= 0.6 is 0 Å². The van der Waals surface area contributed by atoms with Gasteiger partial charge in [-0.05, 0) is 24.6 Å². The van der Waals surface area contributed by atoms with Gasteiger partial charge < -0.3 is 9.84 Å². The minimum atomic E-state index is -3.35. The van der Waals surface area contributed by atoms with Crippen molar-refractivity contribution in [2.75, 3.05) is 13.4 Å². The molecule has 90 valence electrons. The SMILES string of the molecule is COc1cccc(C(C(C)O)S(C)(=O)=O)c1. The van der Waals surface area contributed by atoms with Gasteiger partial charge in [-0.3, -0.25) is 0 Å². The van der Waals surface area contributed by atoms with Crippen molar-refractivity contribution in [3.63, 3.8) is 0 Å². The zero-order valence-electron chi connectivity index (χ0n) is 9.54. The van der Waals surface area contributed by atoms with Crippen molar-refractivity contribution in [3.8, 4) is 5.75 Å². The van der Waals surface area contributed by atoms with E-state index in [0.29, 0.717) is 11.3 Å².